The van der Waals surface area contributed by atoms with Gasteiger partial charge >= 0.3 is 0 Å². The monoisotopic (exact) mass is 201 g/mol. The number of halogens is 1. The zero-order valence-electron chi connectivity index (χ0n) is 4.24. The van der Waals surface area contributed by atoms with Gasteiger partial charge in [0.05, 0.1) is 0 Å². The molecule has 0 aliphatic carbocycles. The molecule has 0 saturated heterocycles. The third-order valence-electron chi connectivity index (χ3n) is 0.354. The van der Waals surface area contributed by atoms with Crippen molar-refractivity contribution in [2.45, 2.75) is 19.8 Å². The summed E-state index contributed by atoms with van der Waals surface area (Å²) in [7, 11) is 0. The third-order valence-corrected chi connectivity index (χ3v) is 0.354. The SMILES string of the molecule is Br.[CH2-]CCC.[Zn]. The largest absolute Gasteiger partial charge is 0.343 e. The van der Waals surface area contributed by atoms with Crippen LogP contribution in [-0.4, -0.2) is 0 Å². The van der Waals surface area contributed by atoms with Gasteiger partial charge in [-0.2, -0.15) is 6.42 Å². The van der Waals surface area contributed by atoms with E-state index in [1.807, 2.05) is 0 Å². The Kier molecular flexibility index (Phi) is 43.2. The van der Waals surface area contributed by atoms with Crippen LogP contribution in [0.4, 0.5) is 0 Å². The summed E-state index contributed by atoms with van der Waals surface area (Å²) in [4.78, 5) is 0. The van der Waals surface area contributed by atoms with Crippen LogP contribution in [0.15, 0.2) is 0 Å². The molecule has 0 aromatic rings. The third kappa shape index (κ3) is 19.4. The minimum Gasteiger partial charge on any atom is -0.343 e. The summed E-state index contributed by atoms with van der Waals surface area (Å²) in [6, 6.07) is 0. The molecule has 0 aromatic heterocycles. The van der Waals surface area contributed by atoms with Crippen molar-refractivity contribution in [2.75, 3.05) is 0 Å². The van der Waals surface area contributed by atoms with E-state index in [9.17, 15) is 0 Å². The number of hydrogen-bond acceptors (Lipinski definition) is 0. The Morgan fingerprint density at radius 3 is 1.67 bits per heavy atom. The van der Waals surface area contributed by atoms with Crippen LogP contribution in [0, 0.1) is 6.92 Å². The fraction of sp³-hybridized carbons (Fsp3) is 0.750. The van der Waals surface area contributed by atoms with Crippen molar-refractivity contribution in [3.8, 4) is 0 Å². The normalized spacial score (nSPS) is 5.00. The Hall–Kier alpha value is 1.10. The molecule has 0 bridgehead atoms. The molecule has 0 radical (unpaired) electrons. The molecule has 0 N–H and O–H groups in total. The molecule has 2 heteroatoms. The Balaban J connectivity index is -0.0000000450. The summed E-state index contributed by atoms with van der Waals surface area (Å²) in [5.41, 5.74) is 0. The second-order valence-corrected chi connectivity index (χ2v) is 0.854. The van der Waals surface area contributed by atoms with Gasteiger partial charge in [0.2, 0.25) is 0 Å². The topological polar surface area (TPSA) is 0 Å². The summed E-state index contributed by atoms with van der Waals surface area (Å²) < 4.78 is 0. The molecule has 0 nitrogen and oxygen atoms in total. The van der Waals surface area contributed by atoms with E-state index < -0.39 is 0 Å². The summed E-state index contributed by atoms with van der Waals surface area (Å²) in [5, 5.41) is 0. The molecule has 0 unspecified atom stereocenters. The van der Waals surface area contributed by atoms with Gasteiger partial charge in [-0.15, -0.1) is 17.0 Å². The van der Waals surface area contributed by atoms with Crippen LogP contribution < -0.4 is 0 Å². The first-order valence-electron chi connectivity index (χ1n) is 1.71. The van der Waals surface area contributed by atoms with Gasteiger partial charge in [-0.25, -0.2) is 0 Å². The molecule has 0 amide bonds. The van der Waals surface area contributed by atoms with Gasteiger partial charge in [-0.3, -0.25) is 0 Å². The summed E-state index contributed by atoms with van der Waals surface area (Å²) >= 11 is 0. The van der Waals surface area contributed by atoms with Crippen molar-refractivity contribution < 1.29 is 19.5 Å². The quantitative estimate of drug-likeness (QED) is 0.453. The van der Waals surface area contributed by atoms with Crippen molar-refractivity contribution in [2.24, 2.45) is 0 Å². The van der Waals surface area contributed by atoms with Crippen LogP contribution >= 0.6 is 17.0 Å². The van der Waals surface area contributed by atoms with Crippen molar-refractivity contribution >= 4 is 17.0 Å². The Labute approximate surface area is 63.2 Å². The molecule has 0 atom stereocenters. The van der Waals surface area contributed by atoms with E-state index in [2.05, 4.69) is 13.8 Å². The fourth-order valence-electron chi connectivity index (χ4n) is 0. The average Bonchev–Trinajstić information content (AvgIpc) is 1.37. The van der Waals surface area contributed by atoms with E-state index in [1.165, 1.54) is 6.42 Å². The van der Waals surface area contributed by atoms with Crippen molar-refractivity contribution in [3.63, 3.8) is 0 Å². The molecule has 0 aliphatic rings. The maximum Gasteiger partial charge on any atom is 0 e. The molecule has 0 aliphatic heterocycles. The van der Waals surface area contributed by atoms with Crippen molar-refractivity contribution in [1.29, 1.82) is 0 Å². The number of hydrogen-bond donors (Lipinski definition) is 0. The standard InChI is InChI=1S/C4H9.BrH.Zn/c1-3-4-2;;/h1,3-4H2,2H3;1H;/q-1;;. The van der Waals surface area contributed by atoms with E-state index in [0.717, 1.165) is 6.42 Å². The Morgan fingerprint density at radius 2 is 1.67 bits per heavy atom. The maximum absolute atomic E-state index is 3.60. The van der Waals surface area contributed by atoms with Crippen LogP contribution in [0.5, 0.6) is 0 Å². The van der Waals surface area contributed by atoms with Crippen molar-refractivity contribution in [1.82, 2.24) is 0 Å². The predicted octanol–water partition coefficient (Wildman–Crippen LogP) is 2.20. The smallest absolute Gasteiger partial charge is 0 e. The van der Waals surface area contributed by atoms with Gasteiger partial charge in [0.15, 0.2) is 0 Å². The van der Waals surface area contributed by atoms with Gasteiger partial charge < -0.3 is 6.92 Å². The van der Waals surface area contributed by atoms with Crippen molar-refractivity contribution in [3.05, 3.63) is 6.92 Å². The average molecular weight is 203 g/mol. The first-order valence-corrected chi connectivity index (χ1v) is 1.71. The number of unbranched alkanes of at least 4 members (excludes halogenated alkanes) is 1. The molecule has 0 heterocycles. The zero-order chi connectivity index (χ0) is 3.41. The van der Waals surface area contributed by atoms with Gasteiger partial charge in [-0.05, 0) is 0 Å². The maximum atomic E-state index is 3.60. The van der Waals surface area contributed by atoms with Crippen LogP contribution in [0.1, 0.15) is 19.8 Å². The molecule has 0 aromatic carbocycles. The predicted molar refractivity (Wildman–Crippen MR) is 30.6 cm³/mol. The van der Waals surface area contributed by atoms with Gasteiger partial charge in [0, 0.05) is 19.5 Å². The molecule has 0 rings (SSSR count). The molecular weight excluding hydrogens is 193 g/mol. The molecule has 0 saturated carbocycles. The number of rotatable bonds is 1. The first kappa shape index (κ1) is 15.7. The van der Waals surface area contributed by atoms with Gasteiger partial charge in [-0.1, -0.05) is 13.3 Å². The Morgan fingerprint density at radius 1 is 1.50 bits per heavy atom. The molecule has 36 valence electrons. The minimum absolute atomic E-state index is 0. The zero-order valence-corrected chi connectivity index (χ0v) is 8.92. The summed E-state index contributed by atoms with van der Waals surface area (Å²) in [6.07, 6.45) is 2.28. The van der Waals surface area contributed by atoms with E-state index in [-0.39, 0.29) is 36.5 Å². The summed E-state index contributed by atoms with van der Waals surface area (Å²) in [5.74, 6) is 0. The van der Waals surface area contributed by atoms with Crippen LogP contribution in [0.3, 0.4) is 0 Å². The van der Waals surface area contributed by atoms with E-state index in [4.69, 9.17) is 0 Å². The van der Waals surface area contributed by atoms with E-state index in [0.29, 0.717) is 0 Å². The molecular formula is C4H10BrZn-. The molecule has 6 heavy (non-hydrogen) atoms. The second-order valence-electron chi connectivity index (χ2n) is 0.854. The van der Waals surface area contributed by atoms with Gasteiger partial charge in [0.25, 0.3) is 0 Å². The van der Waals surface area contributed by atoms with Crippen LogP contribution in [0.2, 0.25) is 0 Å². The molecule has 0 spiro atoms. The summed E-state index contributed by atoms with van der Waals surface area (Å²) in [6.45, 7) is 5.72. The first-order chi connectivity index (χ1) is 1.91. The van der Waals surface area contributed by atoms with E-state index >= 15 is 0 Å². The molecule has 0 fully saturated rings. The van der Waals surface area contributed by atoms with Crippen LogP contribution in [0.25, 0.3) is 0 Å². The minimum atomic E-state index is 0. The van der Waals surface area contributed by atoms with Crippen LogP contribution in [-0.2, 0) is 19.5 Å². The van der Waals surface area contributed by atoms with Gasteiger partial charge in [0.1, 0.15) is 0 Å². The Bertz CT molecular complexity index is 9.51. The van der Waals surface area contributed by atoms with E-state index in [1.54, 1.807) is 0 Å². The second kappa shape index (κ2) is 16.5. The fourth-order valence-corrected chi connectivity index (χ4v) is 0.